The highest BCUT2D eigenvalue weighted by molar-refractivity contribution is 6.35. The van der Waals surface area contributed by atoms with E-state index in [2.05, 4.69) is 10.5 Å². The smallest absolute Gasteiger partial charge is 0.0847 e. The Morgan fingerprint density at radius 2 is 2.05 bits per heavy atom. The van der Waals surface area contributed by atoms with Crippen molar-refractivity contribution < 1.29 is 0 Å². The second-order valence-electron chi connectivity index (χ2n) is 4.56. The number of rotatable bonds is 4. The summed E-state index contributed by atoms with van der Waals surface area (Å²) in [5, 5.41) is 6.09. The molecule has 0 radical (unpaired) electrons. The molecule has 20 heavy (non-hydrogen) atoms. The molecule has 108 valence electrons. The number of nitrogens with two attached hydrogens (primary N) is 1. The van der Waals surface area contributed by atoms with Crippen LogP contribution in [0.4, 0.5) is 0 Å². The summed E-state index contributed by atoms with van der Waals surface area (Å²) in [6.07, 6.45) is 0.577. The first kappa shape index (κ1) is 15.6. The van der Waals surface area contributed by atoms with Crippen molar-refractivity contribution in [3.63, 3.8) is 0 Å². The van der Waals surface area contributed by atoms with Crippen LogP contribution in [0.25, 0.3) is 0 Å². The van der Waals surface area contributed by atoms with Crippen molar-refractivity contribution >= 4 is 34.8 Å². The van der Waals surface area contributed by atoms with Crippen LogP contribution in [-0.4, -0.2) is 9.78 Å². The standard InChI is InChI=1S/C13H15Cl3N4/c1-7-13(16)12(20(2)19-7)6-11(18-17)9-4-3-8(14)5-10(9)15/h3-5,11,18H,6,17H2,1-2H3. The normalized spacial score (nSPS) is 12.7. The van der Waals surface area contributed by atoms with Gasteiger partial charge in [0.05, 0.1) is 22.5 Å². The molecule has 0 amide bonds. The number of nitrogens with zero attached hydrogens (tertiary/aromatic N) is 2. The van der Waals surface area contributed by atoms with Crippen molar-refractivity contribution in [1.82, 2.24) is 15.2 Å². The van der Waals surface area contributed by atoms with E-state index in [1.54, 1.807) is 16.8 Å². The van der Waals surface area contributed by atoms with Gasteiger partial charge in [0.25, 0.3) is 0 Å². The topological polar surface area (TPSA) is 55.9 Å². The van der Waals surface area contributed by atoms with Gasteiger partial charge in [-0.2, -0.15) is 5.10 Å². The summed E-state index contributed by atoms with van der Waals surface area (Å²) in [6, 6.07) is 5.15. The fourth-order valence-corrected chi connectivity index (χ4v) is 2.92. The van der Waals surface area contributed by atoms with Gasteiger partial charge in [0, 0.05) is 23.5 Å². The number of hydrazine groups is 1. The zero-order valence-electron chi connectivity index (χ0n) is 11.1. The maximum Gasteiger partial charge on any atom is 0.0847 e. The summed E-state index contributed by atoms with van der Waals surface area (Å²) in [4.78, 5) is 0. The number of aryl methyl sites for hydroxylation is 2. The summed E-state index contributed by atoms with van der Waals surface area (Å²) in [5.74, 6) is 5.65. The van der Waals surface area contributed by atoms with E-state index in [0.29, 0.717) is 21.5 Å². The molecule has 1 heterocycles. The average Bonchev–Trinajstić information content (AvgIpc) is 2.62. The molecular weight excluding hydrogens is 319 g/mol. The minimum Gasteiger partial charge on any atom is -0.271 e. The van der Waals surface area contributed by atoms with E-state index in [4.69, 9.17) is 40.6 Å². The van der Waals surface area contributed by atoms with Gasteiger partial charge < -0.3 is 0 Å². The molecule has 1 atom stereocenters. The maximum atomic E-state index is 6.26. The molecule has 0 aliphatic rings. The van der Waals surface area contributed by atoms with E-state index in [0.717, 1.165) is 17.0 Å². The van der Waals surface area contributed by atoms with Gasteiger partial charge in [-0.1, -0.05) is 40.9 Å². The van der Waals surface area contributed by atoms with Gasteiger partial charge in [0.1, 0.15) is 0 Å². The lowest BCUT2D eigenvalue weighted by molar-refractivity contribution is 0.530. The van der Waals surface area contributed by atoms with Crippen LogP contribution in [0, 0.1) is 6.92 Å². The highest BCUT2D eigenvalue weighted by atomic mass is 35.5. The first-order chi connectivity index (χ1) is 9.43. The van der Waals surface area contributed by atoms with Gasteiger partial charge in [0.2, 0.25) is 0 Å². The van der Waals surface area contributed by atoms with Gasteiger partial charge in [-0.3, -0.25) is 16.0 Å². The highest BCUT2D eigenvalue weighted by Crippen LogP contribution is 2.30. The Bertz CT molecular complexity index is 624. The summed E-state index contributed by atoms with van der Waals surface area (Å²) >= 11 is 18.4. The molecule has 2 rings (SSSR count). The second-order valence-corrected chi connectivity index (χ2v) is 5.78. The Morgan fingerprint density at radius 1 is 1.35 bits per heavy atom. The van der Waals surface area contributed by atoms with Crippen LogP contribution >= 0.6 is 34.8 Å². The zero-order chi connectivity index (χ0) is 14.9. The number of benzene rings is 1. The molecule has 2 aromatic rings. The van der Waals surface area contributed by atoms with E-state index >= 15 is 0 Å². The fraction of sp³-hybridized carbons (Fsp3) is 0.308. The summed E-state index contributed by atoms with van der Waals surface area (Å²) in [6.45, 7) is 1.87. The average molecular weight is 334 g/mol. The molecule has 0 saturated carbocycles. The minimum absolute atomic E-state index is 0.174. The number of hydrogen-bond donors (Lipinski definition) is 2. The first-order valence-corrected chi connectivity index (χ1v) is 7.16. The van der Waals surface area contributed by atoms with Crippen molar-refractivity contribution in [3.05, 3.63) is 50.2 Å². The van der Waals surface area contributed by atoms with E-state index in [1.165, 1.54) is 0 Å². The second kappa shape index (κ2) is 6.33. The molecule has 0 saturated heterocycles. The molecule has 0 spiro atoms. The predicted octanol–water partition coefficient (Wildman–Crippen LogP) is 3.44. The van der Waals surface area contributed by atoms with Gasteiger partial charge in [0.15, 0.2) is 0 Å². The molecule has 0 bridgehead atoms. The minimum atomic E-state index is -0.174. The van der Waals surface area contributed by atoms with E-state index in [9.17, 15) is 0 Å². The lowest BCUT2D eigenvalue weighted by Gasteiger charge is -2.18. The van der Waals surface area contributed by atoms with Crippen LogP contribution in [-0.2, 0) is 13.5 Å². The largest absolute Gasteiger partial charge is 0.271 e. The Labute approximate surface area is 132 Å². The third-order valence-electron chi connectivity index (χ3n) is 3.20. The molecular formula is C13H15Cl3N4. The molecule has 1 unspecified atom stereocenters. The molecule has 0 aliphatic heterocycles. The Kier molecular flexibility index (Phi) is 4.94. The fourth-order valence-electron chi connectivity index (χ4n) is 2.14. The van der Waals surface area contributed by atoms with Crippen molar-refractivity contribution in [2.45, 2.75) is 19.4 Å². The lowest BCUT2D eigenvalue weighted by Crippen LogP contribution is -2.30. The summed E-state index contributed by atoms with van der Waals surface area (Å²) in [5.41, 5.74) is 5.33. The monoisotopic (exact) mass is 332 g/mol. The molecule has 7 heteroatoms. The SMILES string of the molecule is Cc1nn(C)c(CC(NN)c2ccc(Cl)cc2Cl)c1Cl. The third-order valence-corrected chi connectivity index (χ3v) is 4.25. The molecule has 0 fully saturated rings. The lowest BCUT2D eigenvalue weighted by atomic mass is 10.0. The van der Waals surface area contributed by atoms with Crippen molar-refractivity contribution in [1.29, 1.82) is 0 Å². The first-order valence-electron chi connectivity index (χ1n) is 6.03. The quantitative estimate of drug-likeness (QED) is 0.665. The number of halogens is 3. The van der Waals surface area contributed by atoms with Gasteiger partial charge >= 0.3 is 0 Å². The Hall–Kier alpha value is -0.780. The molecule has 0 aliphatic carbocycles. The van der Waals surface area contributed by atoms with Crippen LogP contribution in [0.1, 0.15) is 23.0 Å². The number of hydrogen-bond acceptors (Lipinski definition) is 3. The van der Waals surface area contributed by atoms with Crippen molar-refractivity contribution in [2.24, 2.45) is 12.9 Å². The highest BCUT2D eigenvalue weighted by Gasteiger charge is 2.19. The summed E-state index contributed by atoms with van der Waals surface area (Å²) in [7, 11) is 1.85. The van der Waals surface area contributed by atoms with Crippen LogP contribution in [0.15, 0.2) is 18.2 Å². The molecule has 1 aromatic heterocycles. The Balaban J connectivity index is 2.33. The summed E-state index contributed by atoms with van der Waals surface area (Å²) < 4.78 is 1.76. The van der Waals surface area contributed by atoms with Crippen LogP contribution in [0.3, 0.4) is 0 Å². The maximum absolute atomic E-state index is 6.26. The molecule has 1 aromatic carbocycles. The van der Waals surface area contributed by atoms with Crippen molar-refractivity contribution in [2.75, 3.05) is 0 Å². The third kappa shape index (κ3) is 3.10. The molecule has 4 nitrogen and oxygen atoms in total. The van der Waals surface area contributed by atoms with E-state index in [1.807, 2.05) is 20.0 Å². The molecule has 3 N–H and O–H groups in total. The zero-order valence-corrected chi connectivity index (χ0v) is 13.4. The van der Waals surface area contributed by atoms with Gasteiger partial charge in [-0.15, -0.1) is 0 Å². The van der Waals surface area contributed by atoms with Crippen molar-refractivity contribution in [3.8, 4) is 0 Å². The van der Waals surface area contributed by atoms with Gasteiger partial charge in [-0.05, 0) is 24.6 Å². The predicted molar refractivity (Wildman–Crippen MR) is 83.2 cm³/mol. The van der Waals surface area contributed by atoms with Crippen LogP contribution in [0.5, 0.6) is 0 Å². The Morgan fingerprint density at radius 3 is 2.55 bits per heavy atom. The number of aromatic nitrogens is 2. The van der Waals surface area contributed by atoms with Gasteiger partial charge in [-0.25, -0.2) is 0 Å². The van der Waals surface area contributed by atoms with E-state index in [-0.39, 0.29) is 6.04 Å². The van der Waals surface area contributed by atoms with E-state index < -0.39 is 0 Å². The van der Waals surface area contributed by atoms with Crippen LogP contribution < -0.4 is 11.3 Å². The van der Waals surface area contributed by atoms with Crippen LogP contribution in [0.2, 0.25) is 15.1 Å². The number of nitrogens with one attached hydrogen (secondary N) is 1.